The van der Waals surface area contributed by atoms with Crippen LogP contribution in [0.1, 0.15) is 36.1 Å². The van der Waals surface area contributed by atoms with E-state index in [4.69, 9.17) is 4.74 Å². The lowest BCUT2D eigenvalue weighted by atomic mass is 10.1. The summed E-state index contributed by atoms with van der Waals surface area (Å²) in [6.45, 7) is 3.43. The second-order valence-corrected chi connectivity index (χ2v) is 8.50. The second-order valence-electron chi connectivity index (χ2n) is 7.56. The molecule has 0 bridgehead atoms. The standard InChI is InChI=1S/C26H24N4O3S/c1-18(31)20-13-15-21(16-14-20)27-24(32)17-34-26-29-28-25(30(26)22-9-5-3-6-10-22)19(2)33-23-11-7-4-8-12-23/h3-16,19H,17H2,1-2H3,(H,27,32)/t19-/m0/s1. The summed E-state index contributed by atoms with van der Waals surface area (Å²) in [4.78, 5) is 24.0. The van der Waals surface area contributed by atoms with Gasteiger partial charge in [-0.25, -0.2) is 0 Å². The van der Waals surface area contributed by atoms with Gasteiger partial charge in [0.15, 0.2) is 22.9 Å². The highest BCUT2D eigenvalue weighted by atomic mass is 32.2. The van der Waals surface area contributed by atoms with Gasteiger partial charge in [0.2, 0.25) is 5.91 Å². The molecule has 0 aliphatic heterocycles. The van der Waals surface area contributed by atoms with Gasteiger partial charge < -0.3 is 10.1 Å². The molecule has 3 aromatic carbocycles. The minimum Gasteiger partial charge on any atom is -0.483 e. The number of aromatic nitrogens is 3. The van der Waals surface area contributed by atoms with Crippen molar-refractivity contribution in [1.82, 2.24) is 14.8 Å². The van der Waals surface area contributed by atoms with E-state index in [1.54, 1.807) is 24.3 Å². The molecule has 0 aliphatic rings. The number of rotatable bonds is 9. The Morgan fingerprint density at radius 2 is 1.59 bits per heavy atom. The van der Waals surface area contributed by atoms with Crippen molar-refractivity contribution in [3.05, 3.63) is 96.3 Å². The minimum absolute atomic E-state index is 0.0186. The highest BCUT2D eigenvalue weighted by molar-refractivity contribution is 7.99. The van der Waals surface area contributed by atoms with Gasteiger partial charge in [-0.2, -0.15) is 0 Å². The van der Waals surface area contributed by atoms with Crippen molar-refractivity contribution in [2.45, 2.75) is 25.1 Å². The molecule has 1 N–H and O–H groups in total. The lowest BCUT2D eigenvalue weighted by Gasteiger charge is -2.16. The van der Waals surface area contributed by atoms with Crippen molar-refractivity contribution in [2.75, 3.05) is 11.1 Å². The molecule has 0 unspecified atom stereocenters. The molecule has 1 atom stereocenters. The van der Waals surface area contributed by atoms with Crippen molar-refractivity contribution in [3.8, 4) is 11.4 Å². The molecule has 7 nitrogen and oxygen atoms in total. The number of ketones is 1. The molecular formula is C26H24N4O3S. The SMILES string of the molecule is CC(=O)c1ccc(NC(=O)CSc2nnc([C@H](C)Oc3ccccc3)n2-c2ccccc2)cc1. The van der Waals surface area contributed by atoms with Crippen LogP contribution in [-0.4, -0.2) is 32.2 Å². The molecular weight excluding hydrogens is 448 g/mol. The Kier molecular flexibility index (Phi) is 7.39. The maximum Gasteiger partial charge on any atom is 0.234 e. The molecule has 1 aromatic heterocycles. The van der Waals surface area contributed by atoms with Crippen molar-refractivity contribution < 1.29 is 14.3 Å². The minimum atomic E-state index is -0.363. The van der Waals surface area contributed by atoms with E-state index in [0.717, 1.165) is 11.4 Å². The molecule has 172 valence electrons. The predicted molar refractivity (Wildman–Crippen MR) is 133 cm³/mol. The first-order chi connectivity index (χ1) is 16.5. The van der Waals surface area contributed by atoms with E-state index in [1.165, 1.54) is 18.7 Å². The zero-order valence-corrected chi connectivity index (χ0v) is 19.7. The average Bonchev–Trinajstić information content (AvgIpc) is 3.28. The topological polar surface area (TPSA) is 86.1 Å². The maximum atomic E-state index is 12.6. The zero-order valence-electron chi connectivity index (χ0n) is 18.8. The molecule has 34 heavy (non-hydrogen) atoms. The van der Waals surface area contributed by atoms with E-state index in [2.05, 4.69) is 15.5 Å². The Bertz CT molecular complexity index is 1260. The van der Waals surface area contributed by atoms with Crippen molar-refractivity contribution in [2.24, 2.45) is 0 Å². The fraction of sp³-hybridized carbons (Fsp3) is 0.154. The lowest BCUT2D eigenvalue weighted by molar-refractivity contribution is -0.113. The molecule has 0 spiro atoms. The molecule has 0 aliphatic carbocycles. The number of hydrogen-bond donors (Lipinski definition) is 1. The normalized spacial score (nSPS) is 11.6. The van der Waals surface area contributed by atoms with Crippen LogP contribution >= 0.6 is 11.8 Å². The Labute approximate surface area is 202 Å². The lowest BCUT2D eigenvalue weighted by Crippen LogP contribution is -2.15. The Morgan fingerprint density at radius 1 is 0.941 bits per heavy atom. The van der Waals surface area contributed by atoms with Gasteiger partial charge in [-0.15, -0.1) is 10.2 Å². The summed E-state index contributed by atoms with van der Waals surface area (Å²) in [5.74, 6) is 1.32. The van der Waals surface area contributed by atoms with Gasteiger partial charge in [0.1, 0.15) is 5.75 Å². The summed E-state index contributed by atoms with van der Waals surface area (Å²) in [6.07, 6.45) is -0.363. The molecule has 8 heteroatoms. The monoisotopic (exact) mass is 472 g/mol. The molecule has 4 rings (SSSR count). The van der Waals surface area contributed by atoms with Gasteiger partial charge in [-0.1, -0.05) is 48.2 Å². The number of hydrogen-bond acceptors (Lipinski definition) is 6. The third-order valence-corrected chi connectivity index (χ3v) is 5.93. The summed E-state index contributed by atoms with van der Waals surface area (Å²) in [6, 6.07) is 26.1. The summed E-state index contributed by atoms with van der Waals surface area (Å²) in [5.41, 5.74) is 2.11. The van der Waals surface area contributed by atoms with Crippen molar-refractivity contribution in [3.63, 3.8) is 0 Å². The van der Waals surface area contributed by atoms with Gasteiger partial charge in [0.25, 0.3) is 0 Å². The first kappa shape index (κ1) is 23.3. The number of para-hydroxylation sites is 2. The van der Waals surface area contributed by atoms with E-state index in [1.807, 2.05) is 72.2 Å². The fourth-order valence-corrected chi connectivity index (χ4v) is 4.09. The number of benzene rings is 3. The number of Topliss-reactive ketones (excluding diaryl/α,β-unsaturated/α-hetero) is 1. The third-order valence-electron chi connectivity index (χ3n) is 5.00. The number of nitrogens with one attached hydrogen (secondary N) is 1. The first-order valence-corrected chi connectivity index (χ1v) is 11.8. The smallest absolute Gasteiger partial charge is 0.234 e. The highest BCUT2D eigenvalue weighted by Gasteiger charge is 2.21. The van der Waals surface area contributed by atoms with Crippen molar-refractivity contribution in [1.29, 1.82) is 0 Å². The van der Waals surface area contributed by atoms with Crippen molar-refractivity contribution >= 4 is 29.1 Å². The van der Waals surface area contributed by atoms with Crippen LogP contribution in [0.15, 0.2) is 90.1 Å². The van der Waals surface area contributed by atoms with Crippen LogP contribution in [0.25, 0.3) is 5.69 Å². The first-order valence-electron chi connectivity index (χ1n) is 10.8. The summed E-state index contributed by atoms with van der Waals surface area (Å²) >= 11 is 1.29. The summed E-state index contributed by atoms with van der Waals surface area (Å²) < 4.78 is 7.98. The quantitative estimate of drug-likeness (QED) is 0.261. The maximum absolute atomic E-state index is 12.6. The van der Waals surface area contributed by atoms with E-state index >= 15 is 0 Å². The number of thioether (sulfide) groups is 1. The van der Waals surface area contributed by atoms with E-state index < -0.39 is 0 Å². The van der Waals surface area contributed by atoms with Crippen LogP contribution < -0.4 is 10.1 Å². The van der Waals surface area contributed by atoms with Crippen LogP contribution in [0.2, 0.25) is 0 Å². The summed E-state index contributed by atoms with van der Waals surface area (Å²) in [5, 5.41) is 12.2. The third kappa shape index (κ3) is 5.71. The Morgan fingerprint density at radius 3 is 2.24 bits per heavy atom. The van der Waals surface area contributed by atoms with E-state index in [9.17, 15) is 9.59 Å². The molecule has 0 saturated heterocycles. The molecule has 0 saturated carbocycles. The fourth-order valence-electron chi connectivity index (χ4n) is 3.33. The highest BCUT2D eigenvalue weighted by Crippen LogP contribution is 2.28. The second kappa shape index (κ2) is 10.8. The van der Waals surface area contributed by atoms with Gasteiger partial charge in [0, 0.05) is 16.9 Å². The van der Waals surface area contributed by atoms with Crippen LogP contribution in [0.3, 0.4) is 0 Å². The molecule has 1 heterocycles. The number of amides is 1. The zero-order chi connectivity index (χ0) is 23.9. The average molecular weight is 473 g/mol. The number of ether oxygens (including phenoxy) is 1. The molecule has 0 fully saturated rings. The van der Waals surface area contributed by atoms with Crippen LogP contribution in [-0.2, 0) is 4.79 Å². The van der Waals surface area contributed by atoms with E-state index in [-0.39, 0.29) is 23.5 Å². The molecule has 1 amide bonds. The number of carbonyl (C=O) groups is 2. The number of anilines is 1. The summed E-state index contributed by atoms with van der Waals surface area (Å²) in [7, 11) is 0. The van der Waals surface area contributed by atoms with Gasteiger partial charge in [-0.3, -0.25) is 14.2 Å². The van der Waals surface area contributed by atoms with Crippen LogP contribution in [0.4, 0.5) is 5.69 Å². The van der Waals surface area contributed by atoms with Gasteiger partial charge in [0.05, 0.1) is 5.75 Å². The number of carbonyl (C=O) groups excluding carboxylic acids is 2. The van der Waals surface area contributed by atoms with Gasteiger partial charge >= 0.3 is 0 Å². The van der Waals surface area contributed by atoms with Crippen LogP contribution in [0, 0.1) is 0 Å². The van der Waals surface area contributed by atoms with Crippen LogP contribution in [0.5, 0.6) is 5.75 Å². The molecule has 4 aromatic rings. The Balaban J connectivity index is 1.50. The predicted octanol–water partition coefficient (Wildman–Crippen LogP) is 5.34. The largest absolute Gasteiger partial charge is 0.483 e. The van der Waals surface area contributed by atoms with E-state index in [0.29, 0.717) is 22.2 Å². The van der Waals surface area contributed by atoms with Gasteiger partial charge in [-0.05, 0) is 62.4 Å². The Hall–Kier alpha value is -3.91. The number of nitrogens with zero attached hydrogens (tertiary/aromatic N) is 3. The molecule has 0 radical (unpaired) electrons.